The van der Waals surface area contributed by atoms with E-state index in [2.05, 4.69) is 141 Å². The van der Waals surface area contributed by atoms with Crippen molar-refractivity contribution in [2.24, 2.45) is 0 Å². The molecular weight excluding hydrogens is 1460 g/mol. The van der Waals surface area contributed by atoms with E-state index in [9.17, 15) is 61.0 Å². The second-order valence-corrected chi connectivity index (χ2v) is 32.0. The minimum atomic E-state index is -1.99. The van der Waals surface area contributed by atoms with E-state index in [1.807, 2.05) is 6.08 Å². The molecule has 0 aromatic heterocycles. The van der Waals surface area contributed by atoms with E-state index in [-0.39, 0.29) is 18.9 Å². The number of amides is 1. The smallest absolute Gasteiger partial charge is 0.220 e. The van der Waals surface area contributed by atoms with Crippen LogP contribution in [-0.2, 0) is 33.2 Å². The molecule has 19 nitrogen and oxygen atoms in total. The Bertz CT molecular complexity index is 2600. The molecule has 1 amide bonds. The summed E-state index contributed by atoms with van der Waals surface area (Å²) in [5.74, 6) is -0.294. The molecule has 3 fully saturated rings. The van der Waals surface area contributed by atoms with Crippen LogP contribution in [-0.4, -0.2) is 193 Å². The van der Waals surface area contributed by atoms with E-state index >= 15 is 0 Å². The molecule has 0 saturated carbocycles. The fraction of sp³-hybridized carbons (Fsp3) is 0.760. The summed E-state index contributed by atoms with van der Waals surface area (Å²) in [7, 11) is 0. The number of hydrogen-bond acceptors (Lipinski definition) is 18. The van der Waals surface area contributed by atoms with Crippen LogP contribution in [0.15, 0.2) is 134 Å². The topological polar surface area (TPSA) is 307 Å². The largest absolute Gasteiger partial charge is 0.394 e. The highest BCUT2D eigenvalue weighted by Crippen LogP contribution is 2.33. The van der Waals surface area contributed by atoms with Crippen molar-refractivity contribution in [1.82, 2.24) is 5.32 Å². The lowest BCUT2D eigenvalue weighted by Crippen LogP contribution is -2.66. The third-order valence-corrected chi connectivity index (χ3v) is 21.9. The summed E-state index contributed by atoms with van der Waals surface area (Å²) in [5.41, 5.74) is 0. The van der Waals surface area contributed by atoms with Gasteiger partial charge in [0.15, 0.2) is 18.9 Å². The average Bonchev–Trinajstić information content (AvgIpc) is 0.779. The maximum Gasteiger partial charge on any atom is 0.220 e. The monoisotopic (exact) mass is 1620 g/mol. The predicted molar refractivity (Wildman–Crippen MR) is 466 cm³/mol. The van der Waals surface area contributed by atoms with Crippen LogP contribution in [0.3, 0.4) is 0 Å². The molecular formula is C96H165NO18. The van der Waals surface area contributed by atoms with Gasteiger partial charge in [0, 0.05) is 6.42 Å². The van der Waals surface area contributed by atoms with Crippen LogP contribution >= 0.6 is 0 Å². The lowest BCUT2D eigenvalue weighted by molar-refractivity contribution is -0.379. The molecule has 3 aliphatic rings. The molecule has 12 N–H and O–H groups in total. The minimum Gasteiger partial charge on any atom is -0.394 e. The summed E-state index contributed by atoms with van der Waals surface area (Å²) in [6, 6.07) is -1.01. The third kappa shape index (κ3) is 52.0. The highest BCUT2D eigenvalue weighted by Gasteiger charge is 2.54. The van der Waals surface area contributed by atoms with E-state index < -0.39 is 124 Å². The van der Waals surface area contributed by atoms with Gasteiger partial charge in [-0.05, 0) is 103 Å². The zero-order chi connectivity index (χ0) is 83.1. The Morgan fingerprint density at radius 1 is 0.322 bits per heavy atom. The first kappa shape index (κ1) is 105. The van der Waals surface area contributed by atoms with Crippen molar-refractivity contribution in [2.45, 2.75) is 439 Å². The van der Waals surface area contributed by atoms with Crippen LogP contribution in [0.4, 0.5) is 0 Å². The molecule has 3 aliphatic heterocycles. The first-order valence-corrected chi connectivity index (χ1v) is 45.9. The number of aliphatic hydroxyl groups is 11. The van der Waals surface area contributed by atoms with Crippen molar-refractivity contribution in [3.63, 3.8) is 0 Å². The van der Waals surface area contributed by atoms with E-state index in [1.54, 1.807) is 6.08 Å². The molecule has 17 atom stereocenters. The summed E-state index contributed by atoms with van der Waals surface area (Å²) >= 11 is 0. The lowest BCUT2D eigenvalue weighted by Gasteiger charge is -2.48. The van der Waals surface area contributed by atoms with Crippen LogP contribution in [0.5, 0.6) is 0 Å². The first-order chi connectivity index (χ1) is 56.3. The number of ether oxygens (including phenoxy) is 6. The van der Waals surface area contributed by atoms with E-state index in [4.69, 9.17) is 28.4 Å². The van der Waals surface area contributed by atoms with Gasteiger partial charge in [-0.2, -0.15) is 0 Å². The maximum absolute atomic E-state index is 13.5. The van der Waals surface area contributed by atoms with Gasteiger partial charge in [0.2, 0.25) is 5.91 Å². The number of carbonyl (C=O) groups excluding carboxylic acids is 1. The fourth-order valence-corrected chi connectivity index (χ4v) is 14.7. The number of aliphatic hydroxyl groups excluding tert-OH is 11. The van der Waals surface area contributed by atoms with Crippen molar-refractivity contribution in [3.8, 4) is 0 Å². The normalized spacial score (nSPS) is 25.2. The summed E-state index contributed by atoms with van der Waals surface area (Å²) in [6.07, 6.45) is 80.3. The molecule has 115 heavy (non-hydrogen) atoms. The third-order valence-electron chi connectivity index (χ3n) is 21.9. The van der Waals surface area contributed by atoms with Crippen LogP contribution in [0.25, 0.3) is 0 Å². The quantitative estimate of drug-likeness (QED) is 0.0199. The molecule has 3 saturated heterocycles. The second-order valence-electron chi connectivity index (χ2n) is 32.0. The predicted octanol–water partition coefficient (Wildman–Crippen LogP) is 18.0. The zero-order valence-electron chi connectivity index (χ0n) is 71.5. The van der Waals surface area contributed by atoms with Gasteiger partial charge in [-0.1, -0.05) is 359 Å². The molecule has 0 bridgehead atoms. The van der Waals surface area contributed by atoms with E-state index in [1.165, 1.54) is 193 Å². The number of unbranched alkanes of at least 4 members (excludes halogenated alkanes) is 37. The number of carbonyl (C=O) groups is 1. The van der Waals surface area contributed by atoms with Crippen molar-refractivity contribution >= 4 is 5.91 Å². The Morgan fingerprint density at radius 2 is 0.609 bits per heavy atom. The van der Waals surface area contributed by atoms with Crippen molar-refractivity contribution in [1.29, 1.82) is 0 Å². The Kier molecular flexibility index (Phi) is 67.5. The number of nitrogens with one attached hydrogen (secondary N) is 1. The van der Waals surface area contributed by atoms with Crippen LogP contribution in [0.2, 0.25) is 0 Å². The Balaban J connectivity index is 1.35. The molecule has 19 heteroatoms. The molecule has 17 unspecified atom stereocenters. The highest BCUT2D eigenvalue weighted by molar-refractivity contribution is 5.76. The molecule has 0 spiro atoms. The van der Waals surface area contributed by atoms with Crippen molar-refractivity contribution in [2.75, 3.05) is 26.4 Å². The summed E-state index contributed by atoms with van der Waals surface area (Å²) in [6.45, 7) is 1.63. The van der Waals surface area contributed by atoms with Gasteiger partial charge in [-0.25, -0.2) is 0 Å². The van der Waals surface area contributed by atoms with Gasteiger partial charge in [0.25, 0.3) is 0 Å². The van der Waals surface area contributed by atoms with Crippen LogP contribution in [0.1, 0.15) is 335 Å². The number of hydrogen-bond donors (Lipinski definition) is 12. The number of allylic oxidation sites excluding steroid dienone is 21. The van der Waals surface area contributed by atoms with Gasteiger partial charge in [-0.3, -0.25) is 4.79 Å². The Hall–Kier alpha value is -4.07. The second kappa shape index (κ2) is 73.8. The molecule has 0 aromatic carbocycles. The molecule has 3 rings (SSSR count). The van der Waals surface area contributed by atoms with Crippen LogP contribution < -0.4 is 5.32 Å². The highest BCUT2D eigenvalue weighted by atomic mass is 16.8. The molecule has 3 heterocycles. The lowest BCUT2D eigenvalue weighted by atomic mass is 9.96. The summed E-state index contributed by atoms with van der Waals surface area (Å²) < 4.78 is 34.5. The van der Waals surface area contributed by atoms with Gasteiger partial charge in [0.1, 0.15) is 73.2 Å². The Labute approximate surface area is 696 Å². The minimum absolute atomic E-state index is 0.220. The molecule has 0 aromatic rings. The van der Waals surface area contributed by atoms with E-state index in [0.717, 1.165) is 109 Å². The van der Waals surface area contributed by atoms with Gasteiger partial charge in [0.05, 0.1) is 38.6 Å². The van der Waals surface area contributed by atoms with Crippen molar-refractivity contribution in [3.05, 3.63) is 134 Å². The maximum atomic E-state index is 13.5. The zero-order valence-corrected chi connectivity index (χ0v) is 71.5. The SMILES string of the molecule is CC/C=C\C/C=C\C/C=C\C/C=C\C/C=C\C/C=C\C/C=C\C/C=C\C/C=C\CCCCCCCCCCCC(=O)NC(COC1OC(CO)C(OC2OC(CO)C(OC3OC(CO)C(O)C(O)C3O)C(O)C2O)C(O)C1O)C(O)/C=C/CC/C=C/CCCCCCCCCCCCCCCCCCCCCCCCCCCCC. The summed E-state index contributed by atoms with van der Waals surface area (Å²) in [4.78, 5) is 13.5. The first-order valence-electron chi connectivity index (χ1n) is 45.9. The van der Waals surface area contributed by atoms with Crippen LogP contribution in [0, 0.1) is 0 Å². The Morgan fingerprint density at radius 3 is 0.974 bits per heavy atom. The van der Waals surface area contributed by atoms with E-state index in [0.29, 0.717) is 12.8 Å². The van der Waals surface area contributed by atoms with Crippen molar-refractivity contribution < 1.29 is 89.4 Å². The molecule has 0 radical (unpaired) electrons. The molecule has 662 valence electrons. The fourth-order valence-electron chi connectivity index (χ4n) is 14.7. The number of rotatable bonds is 73. The van der Waals surface area contributed by atoms with Gasteiger partial charge < -0.3 is 89.9 Å². The van der Waals surface area contributed by atoms with Gasteiger partial charge >= 0.3 is 0 Å². The average molecular weight is 1620 g/mol. The van der Waals surface area contributed by atoms with Gasteiger partial charge in [-0.15, -0.1) is 0 Å². The summed E-state index contributed by atoms with van der Waals surface area (Å²) in [5, 5.41) is 121. The molecule has 0 aliphatic carbocycles. The standard InChI is InChI=1S/C96H165NO18/c1-3-5-7-9-11-13-15-17-19-21-23-25-27-29-31-33-35-37-38-39-40-42-44-46-48-50-52-54-56-58-60-62-64-66-68-70-72-74-84(102)97-79(80(101)73-71-69-67-65-63-61-59-57-55-53-51-49-47-45-43-41-36-34-32-30-28-26-24-22-20-18-16-14-12-10-8-6-4-2)78-110-94-90(108)87(105)92(82(76-99)112-94)115-96-91(109)88(106)93(83(77-100)113-96)114-95-89(107)86(104)85(103)81(75-98)111-95/h5,7,11,13,17,19,23,25,29,31,35,37,39-40,44,46,50,52,63,65,71,73,79-83,85-96,98-101,103-109H,3-4,6,8-10,12,14-16,18,20-22,24,26-28,30,32-34,36,38,41-43,45,47-49,51,53-62,64,66-70,72,74-78H2,1-2H3,(H,97,102)/b7-5-,13-11-,19-17-,25-23-,31-29-,37-35-,40-39-,46-44-,52-50-,65-63+,73-71+.